The molecule has 0 spiro atoms. The molecule has 0 heterocycles. The number of carbonyl (C=O) groups excluding carboxylic acids is 1. The van der Waals surface area contributed by atoms with Crippen LogP contribution in [0.25, 0.3) is 0 Å². The maximum atomic E-state index is 12.9. The van der Waals surface area contributed by atoms with E-state index < -0.39 is 5.92 Å². The van der Waals surface area contributed by atoms with Crippen LogP contribution in [0.2, 0.25) is 0 Å². The van der Waals surface area contributed by atoms with Gasteiger partial charge in [-0.05, 0) is 24.1 Å². The number of nitrogens with two attached hydrogens (primary N) is 1. The number of rotatable bonds is 5. The Morgan fingerprint density at radius 2 is 2.29 bits per heavy atom. The number of benzene rings is 1. The van der Waals surface area contributed by atoms with E-state index in [9.17, 15) is 9.18 Å². The Balaban J connectivity index is 2.56. The van der Waals surface area contributed by atoms with Crippen LogP contribution in [0.4, 0.5) is 4.39 Å². The van der Waals surface area contributed by atoms with Gasteiger partial charge in [0.1, 0.15) is 5.82 Å². The molecule has 0 bridgehead atoms. The molecule has 1 unspecified atom stereocenters. The van der Waals surface area contributed by atoms with Crippen LogP contribution in [0.1, 0.15) is 18.9 Å². The maximum absolute atomic E-state index is 12.9. The van der Waals surface area contributed by atoms with Gasteiger partial charge in [-0.1, -0.05) is 31.3 Å². The SMILES string of the molecule is CCC(C(=O)NCc1cccc(F)c1)C(N)=S. The number of thiocarbonyl (C=S) groups is 1. The number of hydrogen-bond acceptors (Lipinski definition) is 2. The zero-order valence-electron chi connectivity index (χ0n) is 9.57. The first-order chi connectivity index (χ1) is 8.04. The minimum atomic E-state index is -0.460. The van der Waals surface area contributed by atoms with Crippen LogP contribution in [0, 0.1) is 11.7 Å². The maximum Gasteiger partial charge on any atom is 0.230 e. The quantitative estimate of drug-likeness (QED) is 0.787. The summed E-state index contributed by atoms with van der Waals surface area (Å²) in [5.41, 5.74) is 6.16. The van der Waals surface area contributed by atoms with E-state index in [0.29, 0.717) is 12.0 Å². The van der Waals surface area contributed by atoms with Crippen LogP contribution in [0.15, 0.2) is 24.3 Å². The molecule has 1 aromatic rings. The fourth-order valence-corrected chi connectivity index (χ4v) is 1.75. The molecule has 0 aromatic heterocycles. The van der Waals surface area contributed by atoms with Gasteiger partial charge in [-0.15, -0.1) is 0 Å². The van der Waals surface area contributed by atoms with Gasteiger partial charge < -0.3 is 11.1 Å². The molecule has 0 radical (unpaired) electrons. The first-order valence-corrected chi connectivity index (χ1v) is 5.77. The number of amides is 1. The first-order valence-electron chi connectivity index (χ1n) is 5.36. The molecule has 17 heavy (non-hydrogen) atoms. The third-order valence-electron chi connectivity index (χ3n) is 2.42. The minimum absolute atomic E-state index is 0.184. The van der Waals surface area contributed by atoms with E-state index in [2.05, 4.69) is 5.32 Å². The third kappa shape index (κ3) is 4.11. The predicted molar refractivity (Wildman–Crippen MR) is 68.8 cm³/mol. The molecule has 0 saturated heterocycles. The molecule has 0 aliphatic rings. The van der Waals surface area contributed by atoms with Crippen molar-refractivity contribution in [2.45, 2.75) is 19.9 Å². The average molecular weight is 254 g/mol. The van der Waals surface area contributed by atoms with Gasteiger partial charge in [0, 0.05) is 6.54 Å². The van der Waals surface area contributed by atoms with Gasteiger partial charge in [0.05, 0.1) is 10.9 Å². The summed E-state index contributed by atoms with van der Waals surface area (Å²) in [6.45, 7) is 2.11. The molecule has 1 atom stereocenters. The summed E-state index contributed by atoms with van der Waals surface area (Å²) in [4.78, 5) is 11.9. The van der Waals surface area contributed by atoms with Gasteiger partial charge in [0.25, 0.3) is 0 Å². The third-order valence-corrected chi connectivity index (χ3v) is 2.71. The molecule has 1 amide bonds. The first kappa shape index (κ1) is 13.6. The van der Waals surface area contributed by atoms with Crippen LogP contribution in [-0.2, 0) is 11.3 Å². The highest BCUT2D eigenvalue weighted by atomic mass is 32.1. The second-order valence-electron chi connectivity index (χ2n) is 3.71. The molecule has 92 valence electrons. The summed E-state index contributed by atoms with van der Waals surface area (Å²) in [6.07, 6.45) is 0.560. The van der Waals surface area contributed by atoms with Gasteiger partial charge in [0.2, 0.25) is 5.91 Å². The lowest BCUT2D eigenvalue weighted by molar-refractivity contribution is -0.123. The summed E-state index contributed by atoms with van der Waals surface area (Å²) in [5.74, 6) is -0.999. The van der Waals surface area contributed by atoms with Crippen LogP contribution >= 0.6 is 12.2 Å². The highest BCUT2D eigenvalue weighted by Gasteiger charge is 2.18. The minimum Gasteiger partial charge on any atom is -0.393 e. The molecular formula is C12H15FN2OS. The van der Waals surface area contributed by atoms with Crippen molar-refractivity contribution < 1.29 is 9.18 Å². The molecule has 0 aliphatic carbocycles. The molecule has 5 heteroatoms. The molecular weight excluding hydrogens is 239 g/mol. The van der Waals surface area contributed by atoms with Crippen molar-refractivity contribution in [2.75, 3.05) is 0 Å². The highest BCUT2D eigenvalue weighted by Crippen LogP contribution is 2.06. The van der Waals surface area contributed by atoms with Crippen LogP contribution in [0.3, 0.4) is 0 Å². The van der Waals surface area contributed by atoms with E-state index in [4.69, 9.17) is 18.0 Å². The molecule has 0 saturated carbocycles. The van der Waals surface area contributed by atoms with Crippen LogP contribution < -0.4 is 11.1 Å². The number of carbonyl (C=O) groups is 1. The number of halogens is 1. The lowest BCUT2D eigenvalue weighted by Gasteiger charge is -2.13. The molecule has 1 rings (SSSR count). The summed E-state index contributed by atoms with van der Waals surface area (Å²) in [7, 11) is 0. The Morgan fingerprint density at radius 1 is 1.59 bits per heavy atom. The molecule has 0 aliphatic heterocycles. The molecule has 1 aromatic carbocycles. The molecule has 3 N–H and O–H groups in total. The van der Waals surface area contributed by atoms with Crippen LogP contribution in [0.5, 0.6) is 0 Å². The number of nitrogens with one attached hydrogen (secondary N) is 1. The van der Waals surface area contributed by atoms with Crippen molar-refractivity contribution in [3.8, 4) is 0 Å². The van der Waals surface area contributed by atoms with Crippen molar-refractivity contribution in [1.29, 1.82) is 0 Å². The monoisotopic (exact) mass is 254 g/mol. The van der Waals surface area contributed by atoms with Gasteiger partial charge in [-0.2, -0.15) is 0 Å². The highest BCUT2D eigenvalue weighted by molar-refractivity contribution is 7.80. The zero-order chi connectivity index (χ0) is 12.8. The van der Waals surface area contributed by atoms with Crippen LogP contribution in [-0.4, -0.2) is 10.9 Å². The Kier molecular flexibility index (Phi) is 5.03. The lowest BCUT2D eigenvalue weighted by Crippen LogP contribution is -2.37. The Bertz CT molecular complexity index is 423. The number of hydrogen-bond donors (Lipinski definition) is 2. The standard InChI is InChI=1S/C12H15FN2OS/c1-2-10(11(14)17)12(16)15-7-8-4-3-5-9(13)6-8/h3-6,10H,2,7H2,1H3,(H2,14,17)(H,15,16). The van der Waals surface area contributed by atoms with E-state index in [1.165, 1.54) is 12.1 Å². The fourth-order valence-electron chi connectivity index (χ4n) is 1.48. The van der Waals surface area contributed by atoms with Crippen molar-refractivity contribution in [2.24, 2.45) is 11.7 Å². The van der Waals surface area contributed by atoms with E-state index in [1.54, 1.807) is 12.1 Å². The Hall–Kier alpha value is -1.49. The van der Waals surface area contributed by atoms with E-state index in [-0.39, 0.29) is 23.3 Å². The van der Waals surface area contributed by atoms with E-state index in [0.717, 1.165) is 0 Å². The van der Waals surface area contributed by atoms with Gasteiger partial charge in [0.15, 0.2) is 0 Å². The smallest absolute Gasteiger partial charge is 0.230 e. The molecule has 3 nitrogen and oxygen atoms in total. The second kappa shape index (κ2) is 6.30. The summed E-state index contributed by atoms with van der Waals surface area (Å²) < 4.78 is 12.9. The van der Waals surface area contributed by atoms with Crippen molar-refractivity contribution >= 4 is 23.1 Å². The summed E-state index contributed by atoms with van der Waals surface area (Å²) >= 11 is 4.80. The average Bonchev–Trinajstić information content (AvgIpc) is 2.27. The van der Waals surface area contributed by atoms with Gasteiger partial charge in [-0.3, -0.25) is 4.79 Å². The largest absolute Gasteiger partial charge is 0.393 e. The Morgan fingerprint density at radius 3 is 2.82 bits per heavy atom. The lowest BCUT2D eigenvalue weighted by atomic mass is 10.1. The second-order valence-corrected chi connectivity index (χ2v) is 4.18. The van der Waals surface area contributed by atoms with Crippen molar-refractivity contribution in [3.63, 3.8) is 0 Å². The predicted octanol–water partition coefficient (Wildman–Crippen LogP) is 1.75. The van der Waals surface area contributed by atoms with E-state index in [1.807, 2.05) is 6.92 Å². The van der Waals surface area contributed by atoms with Gasteiger partial charge in [-0.25, -0.2) is 4.39 Å². The molecule has 0 fully saturated rings. The van der Waals surface area contributed by atoms with E-state index >= 15 is 0 Å². The summed E-state index contributed by atoms with van der Waals surface area (Å²) in [5, 5.41) is 2.69. The topological polar surface area (TPSA) is 55.1 Å². The van der Waals surface area contributed by atoms with Crippen molar-refractivity contribution in [1.82, 2.24) is 5.32 Å². The normalized spacial score (nSPS) is 11.9. The summed E-state index contributed by atoms with van der Waals surface area (Å²) in [6, 6.07) is 6.07. The van der Waals surface area contributed by atoms with Crippen molar-refractivity contribution in [3.05, 3.63) is 35.6 Å². The zero-order valence-corrected chi connectivity index (χ0v) is 10.4. The fraction of sp³-hybridized carbons (Fsp3) is 0.333. The Labute approximate surface area is 105 Å². The van der Waals surface area contributed by atoms with Gasteiger partial charge >= 0.3 is 0 Å².